The topological polar surface area (TPSA) is 64.9 Å². The Kier molecular flexibility index (Phi) is 5.17. The molecule has 0 bridgehead atoms. The summed E-state index contributed by atoms with van der Waals surface area (Å²) >= 11 is 0. The largest absolute Gasteiger partial charge is 0.507 e. The quantitative estimate of drug-likeness (QED) is 0.817. The Morgan fingerprint density at radius 3 is 2.55 bits per heavy atom. The zero-order chi connectivity index (χ0) is 20.6. The third kappa shape index (κ3) is 3.92. The van der Waals surface area contributed by atoms with E-state index in [1.54, 1.807) is 13.0 Å². The van der Waals surface area contributed by atoms with Crippen LogP contribution in [-0.2, 0) is 4.79 Å². The standard InChI is InChI=1S/C24H29N3O2/c1-16-8-9-19(17(2)14-16)21-15-22(20-6-4-5-7-23(20)29)26-24(25-21)10-12-27(13-11-24)18(3)28/h4-9,14,21,25,29H,10-13,15H2,1-3H3/t21-/m0/s1. The van der Waals surface area contributed by atoms with Crippen LogP contribution in [0.4, 0.5) is 0 Å². The van der Waals surface area contributed by atoms with E-state index in [1.165, 1.54) is 16.7 Å². The number of benzene rings is 2. The molecule has 2 N–H and O–H groups in total. The van der Waals surface area contributed by atoms with E-state index in [0.29, 0.717) is 13.1 Å². The maximum absolute atomic E-state index is 11.8. The van der Waals surface area contributed by atoms with Crippen molar-refractivity contribution in [3.05, 3.63) is 64.7 Å². The van der Waals surface area contributed by atoms with Crippen molar-refractivity contribution in [2.45, 2.75) is 51.7 Å². The van der Waals surface area contributed by atoms with Gasteiger partial charge in [0, 0.05) is 56.6 Å². The molecule has 2 heterocycles. The number of phenolic OH excluding ortho intramolecular Hbond substituents is 1. The molecule has 0 aromatic heterocycles. The molecule has 0 radical (unpaired) electrons. The van der Waals surface area contributed by atoms with Gasteiger partial charge >= 0.3 is 0 Å². The minimum absolute atomic E-state index is 0.117. The highest BCUT2D eigenvalue weighted by Crippen LogP contribution is 2.37. The molecule has 4 rings (SSSR count). The van der Waals surface area contributed by atoms with Crippen LogP contribution in [0.2, 0.25) is 0 Å². The summed E-state index contributed by atoms with van der Waals surface area (Å²) in [5, 5.41) is 14.3. The van der Waals surface area contributed by atoms with Crippen LogP contribution in [-0.4, -0.2) is 40.4 Å². The lowest BCUT2D eigenvalue weighted by atomic mass is 9.86. The van der Waals surface area contributed by atoms with Gasteiger partial charge in [0.2, 0.25) is 5.91 Å². The average molecular weight is 392 g/mol. The Labute approximate surface area is 172 Å². The zero-order valence-electron chi connectivity index (χ0n) is 17.4. The minimum atomic E-state index is -0.413. The summed E-state index contributed by atoms with van der Waals surface area (Å²) < 4.78 is 0. The molecule has 1 spiro atoms. The molecule has 2 aromatic rings. The van der Waals surface area contributed by atoms with Crippen molar-refractivity contribution in [2.24, 2.45) is 4.99 Å². The number of nitrogens with one attached hydrogen (secondary N) is 1. The molecule has 1 saturated heterocycles. The van der Waals surface area contributed by atoms with Crippen LogP contribution in [0.25, 0.3) is 0 Å². The normalized spacial score (nSPS) is 21.1. The molecule has 1 fully saturated rings. The zero-order valence-corrected chi connectivity index (χ0v) is 17.4. The number of piperidine rings is 1. The van der Waals surface area contributed by atoms with E-state index >= 15 is 0 Å². The van der Waals surface area contributed by atoms with E-state index in [0.717, 1.165) is 30.5 Å². The Morgan fingerprint density at radius 1 is 1.17 bits per heavy atom. The summed E-state index contributed by atoms with van der Waals surface area (Å²) in [4.78, 5) is 18.8. The van der Waals surface area contributed by atoms with Crippen LogP contribution in [0.5, 0.6) is 5.75 Å². The smallest absolute Gasteiger partial charge is 0.219 e. The summed E-state index contributed by atoms with van der Waals surface area (Å²) in [7, 11) is 0. The number of aliphatic imine (C=N–C) groups is 1. The van der Waals surface area contributed by atoms with Gasteiger partial charge in [-0.15, -0.1) is 0 Å². The SMILES string of the molecule is CC(=O)N1CCC2(CC1)N=C(c1ccccc1O)C[C@@H](c1ccc(C)cc1C)N2. The van der Waals surface area contributed by atoms with Gasteiger partial charge in [-0.25, -0.2) is 0 Å². The van der Waals surface area contributed by atoms with Crippen molar-refractivity contribution in [3.63, 3.8) is 0 Å². The maximum atomic E-state index is 11.8. The van der Waals surface area contributed by atoms with Crippen molar-refractivity contribution in [3.8, 4) is 5.75 Å². The van der Waals surface area contributed by atoms with E-state index in [2.05, 4.69) is 37.4 Å². The monoisotopic (exact) mass is 391 g/mol. The number of phenols is 1. The molecule has 152 valence electrons. The Morgan fingerprint density at radius 2 is 1.90 bits per heavy atom. The number of aromatic hydroxyl groups is 1. The van der Waals surface area contributed by atoms with Gasteiger partial charge in [0.15, 0.2) is 0 Å². The predicted molar refractivity (Wildman–Crippen MR) is 115 cm³/mol. The van der Waals surface area contributed by atoms with Gasteiger partial charge in [0.25, 0.3) is 0 Å². The maximum Gasteiger partial charge on any atom is 0.219 e. The molecular formula is C24H29N3O2. The van der Waals surface area contributed by atoms with Crippen LogP contribution in [0.3, 0.4) is 0 Å². The molecule has 5 heteroatoms. The highest BCUT2D eigenvalue weighted by molar-refractivity contribution is 6.03. The molecule has 0 unspecified atom stereocenters. The summed E-state index contributed by atoms with van der Waals surface area (Å²) in [5.74, 6) is 0.385. The highest BCUT2D eigenvalue weighted by atomic mass is 16.3. The fourth-order valence-corrected chi connectivity index (χ4v) is 4.64. The number of hydrogen-bond acceptors (Lipinski definition) is 4. The lowest BCUT2D eigenvalue weighted by Gasteiger charge is -2.45. The van der Waals surface area contributed by atoms with E-state index in [-0.39, 0.29) is 17.7 Å². The Hall–Kier alpha value is -2.66. The van der Waals surface area contributed by atoms with Crippen LogP contribution in [0.15, 0.2) is 47.5 Å². The van der Waals surface area contributed by atoms with E-state index in [1.807, 2.05) is 23.1 Å². The number of amides is 1. The van der Waals surface area contributed by atoms with Crippen molar-refractivity contribution in [2.75, 3.05) is 13.1 Å². The van der Waals surface area contributed by atoms with Gasteiger partial charge in [0.1, 0.15) is 11.4 Å². The van der Waals surface area contributed by atoms with Crippen LogP contribution in [0, 0.1) is 13.8 Å². The third-order valence-corrected chi connectivity index (χ3v) is 6.24. The summed E-state index contributed by atoms with van der Waals surface area (Å²) in [6.07, 6.45) is 2.26. The number of carbonyl (C=O) groups excluding carboxylic acids is 1. The van der Waals surface area contributed by atoms with Gasteiger partial charge in [-0.2, -0.15) is 0 Å². The molecule has 0 saturated carbocycles. The molecule has 2 aliphatic heterocycles. The molecule has 5 nitrogen and oxygen atoms in total. The van der Waals surface area contributed by atoms with Gasteiger partial charge in [0.05, 0.1) is 0 Å². The molecule has 0 aliphatic carbocycles. The Bertz CT molecular complexity index is 958. The molecule has 1 atom stereocenters. The number of para-hydroxylation sites is 1. The number of hydrogen-bond donors (Lipinski definition) is 2. The van der Waals surface area contributed by atoms with Crippen LogP contribution >= 0.6 is 0 Å². The number of carbonyl (C=O) groups is 1. The summed E-state index contributed by atoms with van der Waals surface area (Å²) in [6, 6.07) is 14.1. The molecule has 2 aromatic carbocycles. The van der Waals surface area contributed by atoms with Crippen molar-refractivity contribution >= 4 is 11.6 Å². The summed E-state index contributed by atoms with van der Waals surface area (Å²) in [6.45, 7) is 7.28. The van der Waals surface area contributed by atoms with Gasteiger partial charge in [-0.05, 0) is 37.1 Å². The first-order valence-corrected chi connectivity index (χ1v) is 10.3. The average Bonchev–Trinajstić information content (AvgIpc) is 2.68. The number of rotatable bonds is 2. The second kappa shape index (κ2) is 7.64. The van der Waals surface area contributed by atoms with E-state index in [4.69, 9.17) is 4.99 Å². The molecule has 2 aliphatic rings. The second-order valence-electron chi connectivity index (χ2n) is 8.37. The number of nitrogens with zero attached hydrogens (tertiary/aromatic N) is 2. The first-order chi connectivity index (χ1) is 13.9. The van der Waals surface area contributed by atoms with Crippen molar-refractivity contribution < 1.29 is 9.90 Å². The summed E-state index contributed by atoms with van der Waals surface area (Å²) in [5.41, 5.74) is 5.11. The van der Waals surface area contributed by atoms with Gasteiger partial charge in [-0.3, -0.25) is 15.1 Å². The Balaban J connectivity index is 1.73. The molecule has 1 amide bonds. The van der Waals surface area contributed by atoms with Crippen molar-refractivity contribution in [1.29, 1.82) is 0 Å². The van der Waals surface area contributed by atoms with E-state index < -0.39 is 5.66 Å². The van der Waals surface area contributed by atoms with Gasteiger partial charge in [-0.1, -0.05) is 35.9 Å². The van der Waals surface area contributed by atoms with Crippen LogP contribution in [0.1, 0.15) is 54.5 Å². The van der Waals surface area contributed by atoms with Crippen molar-refractivity contribution in [1.82, 2.24) is 10.2 Å². The van der Waals surface area contributed by atoms with E-state index in [9.17, 15) is 9.90 Å². The first kappa shape index (κ1) is 19.6. The second-order valence-corrected chi connectivity index (χ2v) is 8.37. The molecular weight excluding hydrogens is 362 g/mol. The minimum Gasteiger partial charge on any atom is -0.507 e. The third-order valence-electron chi connectivity index (χ3n) is 6.24. The predicted octanol–water partition coefficient (Wildman–Crippen LogP) is 3.87. The highest BCUT2D eigenvalue weighted by Gasteiger charge is 2.41. The first-order valence-electron chi connectivity index (χ1n) is 10.3. The lowest BCUT2D eigenvalue weighted by molar-refractivity contribution is -0.130. The lowest BCUT2D eigenvalue weighted by Crippen LogP contribution is -2.56. The van der Waals surface area contributed by atoms with Crippen LogP contribution < -0.4 is 5.32 Å². The fraction of sp³-hybridized carbons (Fsp3) is 0.417. The number of aryl methyl sites for hydroxylation is 2. The molecule has 29 heavy (non-hydrogen) atoms. The van der Waals surface area contributed by atoms with Gasteiger partial charge < -0.3 is 10.0 Å². The fourth-order valence-electron chi connectivity index (χ4n) is 4.64. The number of likely N-dealkylation sites (tertiary alicyclic amines) is 1.